The van der Waals surface area contributed by atoms with E-state index in [0.717, 1.165) is 43.3 Å². The van der Waals surface area contributed by atoms with Gasteiger partial charge in [0.2, 0.25) is 10.7 Å². The molecule has 1 aliphatic heterocycles. The first-order valence-electron chi connectivity index (χ1n) is 10.9. The number of nitrogens with one attached hydrogen (secondary N) is 1. The minimum absolute atomic E-state index is 0.0818. The second-order valence-corrected chi connectivity index (χ2v) is 8.64. The zero-order valence-corrected chi connectivity index (χ0v) is 19.3. The maximum absolute atomic E-state index is 12.0. The summed E-state index contributed by atoms with van der Waals surface area (Å²) in [5, 5.41) is 7.83. The second kappa shape index (κ2) is 10.2. The van der Waals surface area contributed by atoms with Crippen molar-refractivity contribution in [2.75, 3.05) is 32.7 Å². The summed E-state index contributed by atoms with van der Waals surface area (Å²) in [6.07, 6.45) is 3.56. The zero-order chi connectivity index (χ0) is 22.5. The number of carbonyl (C=O) groups is 1. The van der Waals surface area contributed by atoms with Gasteiger partial charge in [0.1, 0.15) is 0 Å². The number of rotatable bonds is 7. The number of hydrogen-bond acceptors (Lipinski definition) is 6. The van der Waals surface area contributed by atoms with Crippen LogP contribution in [0.15, 0.2) is 54.9 Å². The molecule has 1 saturated heterocycles. The van der Waals surface area contributed by atoms with E-state index >= 15 is 0 Å². The van der Waals surface area contributed by atoms with E-state index in [1.54, 1.807) is 6.20 Å². The average Bonchev–Trinajstić information content (AvgIpc) is 3.11. The van der Waals surface area contributed by atoms with Gasteiger partial charge in [-0.25, -0.2) is 4.68 Å². The summed E-state index contributed by atoms with van der Waals surface area (Å²) in [6, 6.07) is 14.1. The number of aromatic nitrogens is 4. The summed E-state index contributed by atoms with van der Waals surface area (Å²) in [4.78, 5) is 20.8. The normalized spacial score (nSPS) is 15.2. The first-order valence-corrected chi connectivity index (χ1v) is 11.3. The van der Waals surface area contributed by atoms with Crippen LogP contribution in [0.25, 0.3) is 17.1 Å². The largest absolute Gasteiger partial charge is 0.353 e. The fourth-order valence-corrected chi connectivity index (χ4v) is 4.13. The van der Waals surface area contributed by atoms with Gasteiger partial charge in [-0.05, 0) is 50.3 Å². The molecular formula is C23H29N7OS. The lowest BCUT2D eigenvalue weighted by Gasteiger charge is -2.34. The molecule has 0 aliphatic carbocycles. The first-order chi connectivity index (χ1) is 15.5. The molecule has 3 heterocycles. The van der Waals surface area contributed by atoms with Crippen LogP contribution in [-0.4, -0.2) is 73.8 Å². The minimum atomic E-state index is 0.0818. The molecule has 1 aliphatic rings. The highest BCUT2D eigenvalue weighted by Crippen LogP contribution is 2.22. The van der Waals surface area contributed by atoms with E-state index in [0.29, 0.717) is 18.0 Å². The van der Waals surface area contributed by atoms with E-state index in [1.165, 1.54) is 0 Å². The molecule has 3 aromatic rings. The Kier molecular flexibility index (Phi) is 7.09. The van der Waals surface area contributed by atoms with Gasteiger partial charge in [0.05, 0.1) is 13.2 Å². The third-order valence-corrected chi connectivity index (χ3v) is 5.78. The van der Waals surface area contributed by atoms with E-state index in [-0.39, 0.29) is 11.9 Å². The minimum Gasteiger partial charge on any atom is -0.353 e. The molecule has 4 rings (SSSR count). The Balaban J connectivity index is 1.50. The number of pyridine rings is 1. The molecule has 1 N–H and O–H groups in total. The molecule has 1 fully saturated rings. The quantitative estimate of drug-likeness (QED) is 0.557. The Morgan fingerprint density at radius 3 is 2.44 bits per heavy atom. The molecule has 0 saturated carbocycles. The maximum atomic E-state index is 12.0. The predicted molar refractivity (Wildman–Crippen MR) is 127 cm³/mol. The van der Waals surface area contributed by atoms with E-state index in [1.807, 2.05) is 71.8 Å². The highest BCUT2D eigenvalue weighted by molar-refractivity contribution is 7.71. The van der Waals surface area contributed by atoms with Gasteiger partial charge in [-0.1, -0.05) is 18.2 Å². The molecule has 0 bridgehead atoms. The van der Waals surface area contributed by atoms with Crippen molar-refractivity contribution in [2.24, 2.45) is 0 Å². The van der Waals surface area contributed by atoms with Crippen LogP contribution in [0.2, 0.25) is 0 Å². The van der Waals surface area contributed by atoms with Crippen LogP contribution >= 0.6 is 12.2 Å². The van der Waals surface area contributed by atoms with Crippen molar-refractivity contribution in [1.29, 1.82) is 0 Å². The Bertz CT molecular complexity index is 1090. The summed E-state index contributed by atoms with van der Waals surface area (Å²) in [5.41, 5.74) is 1.89. The van der Waals surface area contributed by atoms with Gasteiger partial charge in [-0.3, -0.25) is 24.1 Å². The molecule has 8 nitrogen and oxygen atoms in total. The predicted octanol–water partition coefficient (Wildman–Crippen LogP) is 2.56. The van der Waals surface area contributed by atoms with Crippen molar-refractivity contribution in [3.63, 3.8) is 0 Å². The van der Waals surface area contributed by atoms with Crippen LogP contribution < -0.4 is 5.32 Å². The van der Waals surface area contributed by atoms with Gasteiger partial charge in [-0.15, -0.1) is 5.10 Å². The van der Waals surface area contributed by atoms with Crippen molar-refractivity contribution in [3.8, 4) is 17.1 Å². The van der Waals surface area contributed by atoms with E-state index in [9.17, 15) is 4.79 Å². The number of carbonyl (C=O) groups excluding carboxylic acids is 1. The molecule has 2 aromatic heterocycles. The Morgan fingerprint density at radius 2 is 1.78 bits per heavy atom. The topological polar surface area (TPSA) is 71.2 Å². The molecule has 0 spiro atoms. The fourth-order valence-electron chi connectivity index (χ4n) is 3.84. The van der Waals surface area contributed by atoms with Crippen LogP contribution in [0.1, 0.15) is 13.8 Å². The van der Waals surface area contributed by atoms with Crippen molar-refractivity contribution >= 4 is 18.1 Å². The van der Waals surface area contributed by atoms with Crippen LogP contribution in [0.4, 0.5) is 0 Å². The standard InChI is InChI=1S/C23H29N7OS/c1-18(2)25-21(31)16-27-11-13-28(14-12-27)17-29-23(32)30(20-8-4-3-5-9-20)22(26-29)19-7-6-10-24-15-19/h3-10,15,18H,11-14,16-17H2,1-2H3,(H,25,31). The molecule has 0 unspecified atom stereocenters. The first kappa shape index (κ1) is 22.3. The Hall–Kier alpha value is -2.88. The van der Waals surface area contributed by atoms with Crippen molar-refractivity contribution in [3.05, 3.63) is 59.6 Å². The van der Waals surface area contributed by atoms with Crippen LogP contribution in [0, 0.1) is 4.77 Å². The van der Waals surface area contributed by atoms with Gasteiger partial charge in [0.25, 0.3) is 0 Å². The lowest BCUT2D eigenvalue weighted by Crippen LogP contribution is -2.50. The van der Waals surface area contributed by atoms with Gasteiger partial charge >= 0.3 is 0 Å². The van der Waals surface area contributed by atoms with Crippen molar-refractivity contribution in [2.45, 2.75) is 26.6 Å². The Labute approximate surface area is 193 Å². The van der Waals surface area contributed by atoms with Gasteiger partial charge in [0.15, 0.2) is 5.82 Å². The maximum Gasteiger partial charge on any atom is 0.234 e. The molecule has 1 amide bonds. The van der Waals surface area contributed by atoms with Crippen LogP contribution in [0.5, 0.6) is 0 Å². The fraction of sp³-hybridized carbons (Fsp3) is 0.391. The summed E-state index contributed by atoms with van der Waals surface area (Å²) < 4.78 is 4.53. The van der Waals surface area contributed by atoms with E-state index in [2.05, 4.69) is 20.1 Å². The SMILES string of the molecule is CC(C)NC(=O)CN1CCN(Cn2nc(-c3cccnc3)n(-c3ccccc3)c2=S)CC1. The number of para-hydroxylation sites is 1. The molecule has 1 aromatic carbocycles. The highest BCUT2D eigenvalue weighted by Gasteiger charge is 2.21. The Morgan fingerprint density at radius 1 is 1.06 bits per heavy atom. The third kappa shape index (κ3) is 5.29. The van der Waals surface area contributed by atoms with Crippen LogP contribution in [-0.2, 0) is 11.5 Å². The number of nitrogens with zero attached hydrogens (tertiary/aromatic N) is 6. The lowest BCUT2D eigenvalue weighted by molar-refractivity contribution is -0.123. The number of piperazine rings is 1. The van der Waals surface area contributed by atoms with E-state index in [4.69, 9.17) is 17.3 Å². The molecule has 9 heteroatoms. The molecular weight excluding hydrogens is 422 g/mol. The summed E-state index contributed by atoms with van der Waals surface area (Å²) >= 11 is 5.84. The lowest BCUT2D eigenvalue weighted by atomic mass is 10.2. The smallest absolute Gasteiger partial charge is 0.234 e. The monoisotopic (exact) mass is 451 g/mol. The van der Waals surface area contributed by atoms with Crippen molar-refractivity contribution in [1.82, 2.24) is 34.4 Å². The zero-order valence-electron chi connectivity index (χ0n) is 18.5. The number of benzene rings is 1. The highest BCUT2D eigenvalue weighted by atomic mass is 32.1. The van der Waals surface area contributed by atoms with Crippen molar-refractivity contribution < 1.29 is 4.79 Å². The molecule has 32 heavy (non-hydrogen) atoms. The van der Waals surface area contributed by atoms with Gasteiger partial charge < -0.3 is 5.32 Å². The summed E-state index contributed by atoms with van der Waals surface area (Å²) in [6.45, 7) is 8.41. The third-order valence-electron chi connectivity index (χ3n) is 5.39. The number of amides is 1. The van der Waals surface area contributed by atoms with Gasteiger partial charge in [-0.2, -0.15) is 0 Å². The summed E-state index contributed by atoms with van der Waals surface area (Å²) in [5.74, 6) is 0.858. The molecule has 0 atom stereocenters. The average molecular weight is 452 g/mol. The second-order valence-electron chi connectivity index (χ2n) is 8.28. The van der Waals surface area contributed by atoms with E-state index < -0.39 is 0 Å². The molecule has 168 valence electrons. The summed E-state index contributed by atoms with van der Waals surface area (Å²) in [7, 11) is 0. The number of hydrogen-bond donors (Lipinski definition) is 1. The van der Waals surface area contributed by atoms with Crippen LogP contribution in [0.3, 0.4) is 0 Å². The van der Waals surface area contributed by atoms with Gasteiger partial charge in [0, 0.05) is 55.9 Å². The molecule has 0 radical (unpaired) electrons.